The third kappa shape index (κ3) is 3.16. The predicted octanol–water partition coefficient (Wildman–Crippen LogP) is 1.71. The van der Waals surface area contributed by atoms with Gasteiger partial charge in [0.05, 0.1) is 0 Å². The van der Waals surface area contributed by atoms with E-state index in [-0.39, 0.29) is 5.56 Å². The van der Waals surface area contributed by atoms with E-state index in [1.54, 1.807) is 6.20 Å². The van der Waals surface area contributed by atoms with Gasteiger partial charge in [-0.3, -0.25) is 4.79 Å². The fourth-order valence-electron chi connectivity index (χ4n) is 2.49. The Morgan fingerprint density at radius 2 is 2.12 bits per heavy atom. The molecule has 2 rings (SSSR count). The van der Waals surface area contributed by atoms with Gasteiger partial charge in [0.1, 0.15) is 5.82 Å². The first kappa shape index (κ1) is 12.3. The lowest BCUT2D eigenvalue weighted by Crippen LogP contribution is -2.20. The van der Waals surface area contributed by atoms with Crippen molar-refractivity contribution < 1.29 is 0 Å². The number of aromatic nitrogens is 2. The summed E-state index contributed by atoms with van der Waals surface area (Å²) >= 11 is 0. The van der Waals surface area contributed by atoms with E-state index < -0.39 is 0 Å². The van der Waals surface area contributed by atoms with E-state index in [1.807, 2.05) is 0 Å². The molecule has 1 aromatic rings. The number of aromatic amines is 1. The quantitative estimate of drug-likeness (QED) is 0.834. The van der Waals surface area contributed by atoms with Gasteiger partial charge in [-0.25, -0.2) is 4.98 Å². The van der Waals surface area contributed by atoms with Crippen LogP contribution in [0, 0.1) is 0 Å². The van der Waals surface area contributed by atoms with Crippen LogP contribution in [0.3, 0.4) is 0 Å². The van der Waals surface area contributed by atoms with E-state index in [0.29, 0.717) is 12.5 Å². The second kappa shape index (κ2) is 5.96. The standard InChI is InChI=1S/C13H21N3O/c14-8-4-7-11-9-15-12(16-13(11)17)10-5-2-1-3-6-10/h9-10H,1-8,14H2,(H,15,16,17). The Hall–Kier alpha value is -1.16. The van der Waals surface area contributed by atoms with E-state index in [9.17, 15) is 4.79 Å². The van der Waals surface area contributed by atoms with Crippen molar-refractivity contribution in [3.05, 3.63) is 27.9 Å². The van der Waals surface area contributed by atoms with Gasteiger partial charge in [0.15, 0.2) is 0 Å². The van der Waals surface area contributed by atoms with E-state index in [1.165, 1.54) is 19.3 Å². The van der Waals surface area contributed by atoms with Crippen molar-refractivity contribution in [1.29, 1.82) is 0 Å². The first-order chi connectivity index (χ1) is 8.31. The zero-order valence-corrected chi connectivity index (χ0v) is 10.2. The average molecular weight is 235 g/mol. The maximum Gasteiger partial charge on any atom is 0.254 e. The fraction of sp³-hybridized carbons (Fsp3) is 0.692. The lowest BCUT2D eigenvalue weighted by atomic mass is 9.88. The minimum Gasteiger partial charge on any atom is -0.330 e. The maximum atomic E-state index is 11.9. The highest BCUT2D eigenvalue weighted by atomic mass is 16.1. The Bertz CT molecular complexity index is 407. The zero-order valence-electron chi connectivity index (χ0n) is 10.2. The van der Waals surface area contributed by atoms with Crippen LogP contribution in [0.1, 0.15) is 55.8 Å². The first-order valence-electron chi connectivity index (χ1n) is 6.59. The number of H-pyrrole nitrogens is 1. The molecule has 1 aromatic heterocycles. The Morgan fingerprint density at radius 1 is 1.35 bits per heavy atom. The highest BCUT2D eigenvalue weighted by Gasteiger charge is 2.17. The lowest BCUT2D eigenvalue weighted by molar-refractivity contribution is 0.427. The number of nitrogens with two attached hydrogens (primary N) is 1. The molecule has 0 spiro atoms. The molecular formula is C13H21N3O. The van der Waals surface area contributed by atoms with Crippen LogP contribution >= 0.6 is 0 Å². The summed E-state index contributed by atoms with van der Waals surface area (Å²) < 4.78 is 0. The molecule has 0 bridgehead atoms. The van der Waals surface area contributed by atoms with Gasteiger partial charge < -0.3 is 10.7 Å². The smallest absolute Gasteiger partial charge is 0.254 e. The third-order valence-corrected chi connectivity index (χ3v) is 3.53. The van der Waals surface area contributed by atoms with Crippen molar-refractivity contribution in [3.63, 3.8) is 0 Å². The van der Waals surface area contributed by atoms with Gasteiger partial charge >= 0.3 is 0 Å². The molecule has 0 radical (unpaired) electrons. The van der Waals surface area contributed by atoms with Crippen LogP contribution in [-0.2, 0) is 6.42 Å². The van der Waals surface area contributed by atoms with Crippen molar-refractivity contribution in [1.82, 2.24) is 9.97 Å². The van der Waals surface area contributed by atoms with Crippen LogP contribution in [-0.4, -0.2) is 16.5 Å². The summed E-state index contributed by atoms with van der Waals surface area (Å²) in [4.78, 5) is 19.2. The second-order valence-corrected chi connectivity index (χ2v) is 4.85. The lowest BCUT2D eigenvalue weighted by Gasteiger charge is -2.20. The van der Waals surface area contributed by atoms with E-state index in [4.69, 9.17) is 5.73 Å². The summed E-state index contributed by atoms with van der Waals surface area (Å²) in [6, 6.07) is 0. The Labute approximate surface area is 102 Å². The summed E-state index contributed by atoms with van der Waals surface area (Å²) in [6.45, 7) is 0.615. The largest absolute Gasteiger partial charge is 0.330 e. The van der Waals surface area contributed by atoms with Crippen molar-refractivity contribution >= 4 is 0 Å². The molecule has 4 nitrogen and oxygen atoms in total. The average Bonchev–Trinajstić information content (AvgIpc) is 2.38. The van der Waals surface area contributed by atoms with Crippen LogP contribution in [0.15, 0.2) is 11.0 Å². The van der Waals surface area contributed by atoms with Crippen LogP contribution in [0.4, 0.5) is 0 Å². The molecule has 0 aliphatic heterocycles. The van der Waals surface area contributed by atoms with Crippen molar-refractivity contribution in [2.75, 3.05) is 6.54 Å². The molecule has 1 aliphatic carbocycles. The molecule has 94 valence electrons. The SMILES string of the molecule is NCCCc1cnc(C2CCCCC2)[nH]c1=O. The molecule has 1 fully saturated rings. The van der Waals surface area contributed by atoms with Crippen molar-refractivity contribution in [2.45, 2.75) is 50.9 Å². The number of hydrogen-bond donors (Lipinski definition) is 2. The number of aryl methyl sites for hydroxylation is 1. The third-order valence-electron chi connectivity index (χ3n) is 3.53. The molecule has 17 heavy (non-hydrogen) atoms. The minimum atomic E-state index is 0.0222. The molecule has 0 aromatic carbocycles. The molecular weight excluding hydrogens is 214 g/mol. The number of hydrogen-bond acceptors (Lipinski definition) is 3. The van der Waals surface area contributed by atoms with Gasteiger partial charge in [-0.2, -0.15) is 0 Å². The van der Waals surface area contributed by atoms with E-state index in [0.717, 1.165) is 37.1 Å². The summed E-state index contributed by atoms with van der Waals surface area (Å²) in [6.07, 6.45) is 9.44. The zero-order chi connectivity index (χ0) is 12.1. The van der Waals surface area contributed by atoms with Crippen LogP contribution in [0.2, 0.25) is 0 Å². The molecule has 4 heteroatoms. The topological polar surface area (TPSA) is 71.8 Å². The van der Waals surface area contributed by atoms with Crippen LogP contribution in [0.25, 0.3) is 0 Å². The molecule has 0 unspecified atom stereocenters. The van der Waals surface area contributed by atoms with Gasteiger partial charge in [0, 0.05) is 17.7 Å². The van der Waals surface area contributed by atoms with Crippen LogP contribution < -0.4 is 11.3 Å². The molecule has 1 saturated carbocycles. The number of rotatable bonds is 4. The Morgan fingerprint density at radius 3 is 2.76 bits per heavy atom. The fourth-order valence-corrected chi connectivity index (χ4v) is 2.49. The minimum absolute atomic E-state index is 0.0222. The molecule has 1 heterocycles. The van der Waals surface area contributed by atoms with E-state index >= 15 is 0 Å². The predicted molar refractivity (Wildman–Crippen MR) is 68.1 cm³/mol. The van der Waals surface area contributed by atoms with Gasteiger partial charge in [-0.1, -0.05) is 19.3 Å². The Balaban J connectivity index is 2.09. The van der Waals surface area contributed by atoms with Crippen molar-refractivity contribution in [2.24, 2.45) is 5.73 Å². The van der Waals surface area contributed by atoms with Gasteiger partial charge in [-0.15, -0.1) is 0 Å². The Kier molecular flexibility index (Phi) is 4.31. The maximum absolute atomic E-state index is 11.9. The molecule has 0 atom stereocenters. The summed E-state index contributed by atoms with van der Waals surface area (Å²) in [5.74, 6) is 1.34. The molecule has 3 N–H and O–H groups in total. The highest BCUT2D eigenvalue weighted by molar-refractivity contribution is 5.08. The molecule has 0 amide bonds. The molecule has 1 aliphatic rings. The van der Waals surface area contributed by atoms with Crippen molar-refractivity contribution in [3.8, 4) is 0 Å². The first-order valence-corrected chi connectivity index (χ1v) is 6.59. The highest BCUT2D eigenvalue weighted by Crippen LogP contribution is 2.29. The normalized spacial score (nSPS) is 17.2. The van der Waals surface area contributed by atoms with Gasteiger partial charge in [-0.05, 0) is 32.2 Å². The van der Waals surface area contributed by atoms with Crippen LogP contribution in [0.5, 0.6) is 0 Å². The molecule has 0 saturated heterocycles. The number of nitrogens with zero attached hydrogens (tertiary/aromatic N) is 1. The van der Waals surface area contributed by atoms with Gasteiger partial charge in [0.2, 0.25) is 0 Å². The second-order valence-electron chi connectivity index (χ2n) is 4.85. The van der Waals surface area contributed by atoms with E-state index in [2.05, 4.69) is 9.97 Å². The summed E-state index contributed by atoms with van der Waals surface area (Å²) in [7, 11) is 0. The van der Waals surface area contributed by atoms with Gasteiger partial charge in [0.25, 0.3) is 5.56 Å². The monoisotopic (exact) mass is 235 g/mol. The number of nitrogens with one attached hydrogen (secondary N) is 1. The summed E-state index contributed by atoms with van der Waals surface area (Å²) in [5.41, 5.74) is 6.22. The summed E-state index contributed by atoms with van der Waals surface area (Å²) in [5, 5.41) is 0.